The smallest absolute Gasteiger partial charge is 0.193 e. The summed E-state index contributed by atoms with van der Waals surface area (Å²) in [5.41, 5.74) is 3.80. The first-order chi connectivity index (χ1) is 15.0. The molecule has 4 nitrogen and oxygen atoms in total. The van der Waals surface area contributed by atoms with Gasteiger partial charge in [0.25, 0.3) is 0 Å². The first-order valence-electron chi connectivity index (χ1n) is 9.83. The fourth-order valence-electron chi connectivity index (χ4n) is 3.20. The number of benzene rings is 4. The van der Waals surface area contributed by atoms with Gasteiger partial charge in [0.1, 0.15) is 17.2 Å². The van der Waals surface area contributed by atoms with Gasteiger partial charge in [-0.05, 0) is 66.6 Å². The minimum absolute atomic E-state index is 0.0342. The lowest BCUT2D eigenvalue weighted by atomic mass is 9.98. The summed E-state index contributed by atoms with van der Waals surface area (Å²) in [6.07, 6.45) is 0. The first-order valence-corrected chi connectivity index (χ1v) is 9.83. The number of ketones is 2. The van der Waals surface area contributed by atoms with Crippen LogP contribution < -0.4 is 4.74 Å². The Labute approximate surface area is 180 Å². The molecule has 0 bridgehead atoms. The Kier molecular flexibility index (Phi) is 5.63. The summed E-state index contributed by atoms with van der Waals surface area (Å²) in [7, 11) is 0. The monoisotopic (exact) mass is 408 g/mol. The minimum atomic E-state index is -0.0744. The summed E-state index contributed by atoms with van der Waals surface area (Å²) < 4.78 is 5.72. The first kappa shape index (κ1) is 20.1. The average Bonchev–Trinajstić information content (AvgIpc) is 2.81. The number of carbonyl (C=O) groups excluding carboxylic acids is 2. The predicted octanol–water partition coefficient (Wildman–Crippen LogP) is 6.29. The predicted molar refractivity (Wildman–Crippen MR) is 120 cm³/mol. The average molecular weight is 408 g/mol. The van der Waals surface area contributed by atoms with E-state index in [0.29, 0.717) is 28.2 Å². The summed E-state index contributed by atoms with van der Waals surface area (Å²) in [5, 5.41) is 9.34. The van der Waals surface area contributed by atoms with Crippen LogP contribution in [0.2, 0.25) is 0 Å². The zero-order valence-corrected chi connectivity index (χ0v) is 16.9. The van der Waals surface area contributed by atoms with Crippen molar-refractivity contribution in [2.24, 2.45) is 0 Å². The highest BCUT2D eigenvalue weighted by Gasteiger charge is 2.10. The largest absolute Gasteiger partial charge is 0.508 e. The van der Waals surface area contributed by atoms with Gasteiger partial charge in [-0.15, -0.1) is 0 Å². The third-order valence-corrected chi connectivity index (χ3v) is 4.96. The molecule has 0 fully saturated rings. The highest BCUT2D eigenvalue weighted by Crippen LogP contribution is 2.25. The van der Waals surface area contributed by atoms with E-state index in [-0.39, 0.29) is 17.3 Å². The molecule has 0 aromatic heterocycles. The molecule has 0 amide bonds. The Morgan fingerprint density at radius 2 is 0.968 bits per heavy atom. The number of carbonyl (C=O) groups is 2. The van der Waals surface area contributed by atoms with Crippen LogP contribution in [0.15, 0.2) is 97.1 Å². The van der Waals surface area contributed by atoms with Crippen molar-refractivity contribution in [3.63, 3.8) is 0 Å². The Bertz CT molecular complexity index is 1200. The molecule has 0 spiro atoms. The normalized spacial score (nSPS) is 10.5. The van der Waals surface area contributed by atoms with Crippen molar-refractivity contribution in [2.75, 3.05) is 0 Å². The standard InChI is InChI=1S/C27H20O4/c1-18(28)19-2-4-20(5-3-19)21-6-8-22(9-7-21)27(30)23-10-14-25(15-11-23)31-26-16-12-24(29)13-17-26/h2-17,29H,1H3. The second-order valence-corrected chi connectivity index (χ2v) is 7.16. The van der Waals surface area contributed by atoms with E-state index in [0.717, 1.165) is 11.1 Å². The number of hydrogen-bond acceptors (Lipinski definition) is 4. The van der Waals surface area contributed by atoms with E-state index in [1.807, 2.05) is 24.3 Å². The van der Waals surface area contributed by atoms with Gasteiger partial charge in [0.05, 0.1) is 0 Å². The van der Waals surface area contributed by atoms with Crippen LogP contribution in [0.4, 0.5) is 0 Å². The zero-order valence-electron chi connectivity index (χ0n) is 16.9. The van der Waals surface area contributed by atoms with Gasteiger partial charge in [-0.2, -0.15) is 0 Å². The van der Waals surface area contributed by atoms with Crippen molar-refractivity contribution < 1.29 is 19.4 Å². The number of phenolic OH excluding ortho intramolecular Hbond substituents is 1. The van der Waals surface area contributed by atoms with Gasteiger partial charge >= 0.3 is 0 Å². The molecule has 4 aromatic rings. The maximum atomic E-state index is 12.8. The van der Waals surface area contributed by atoms with E-state index in [1.165, 1.54) is 0 Å². The lowest BCUT2D eigenvalue weighted by Crippen LogP contribution is -2.01. The van der Waals surface area contributed by atoms with Gasteiger partial charge in [-0.25, -0.2) is 0 Å². The fraction of sp³-hybridized carbons (Fsp3) is 0.0370. The highest BCUT2D eigenvalue weighted by atomic mass is 16.5. The molecule has 1 N–H and O–H groups in total. The lowest BCUT2D eigenvalue weighted by Gasteiger charge is -2.08. The van der Waals surface area contributed by atoms with Crippen LogP contribution >= 0.6 is 0 Å². The summed E-state index contributed by atoms with van der Waals surface area (Å²) in [4.78, 5) is 24.2. The van der Waals surface area contributed by atoms with Gasteiger partial charge in [-0.1, -0.05) is 48.5 Å². The second kappa shape index (κ2) is 8.67. The zero-order chi connectivity index (χ0) is 21.8. The molecule has 4 rings (SSSR count). The van der Waals surface area contributed by atoms with Gasteiger partial charge in [0, 0.05) is 16.7 Å². The minimum Gasteiger partial charge on any atom is -0.508 e. The number of phenols is 1. The SMILES string of the molecule is CC(=O)c1ccc(-c2ccc(C(=O)c3ccc(Oc4ccc(O)cc4)cc3)cc2)cc1. The van der Waals surface area contributed by atoms with E-state index in [4.69, 9.17) is 4.74 Å². The van der Waals surface area contributed by atoms with Crippen LogP contribution in [0, 0.1) is 0 Å². The number of Topliss-reactive ketones (excluding diaryl/α,β-unsaturated/α-hetero) is 1. The molecule has 0 unspecified atom stereocenters. The summed E-state index contributed by atoms with van der Waals surface area (Å²) in [6.45, 7) is 1.54. The molecule has 0 saturated heterocycles. The van der Waals surface area contributed by atoms with Crippen molar-refractivity contribution in [3.05, 3.63) is 114 Å². The quantitative estimate of drug-likeness (QED) is 0.381. The van der Waals surface area contributed by atoms with E-state index in [9.17, 15) is 14.7 Å². The number of hydrogen-bond donors (Lipinski definition) is 1. The summed E-state index contributed by atoms with van der Waals surface area (Å²) in [5.74, 6) is 1.34. The Balaban J connectivity index is 1.46. The third-order valence-electron chi connectivity index (χ3n) is 4.96. The molecule has 0 saturated carbocycles. The van der Waals surface area contributed by atoms with Crippen molar-refractivity contribution >= 4 is 11.6 Å². The molecule has 0 atom stereocenters. The number of aromatic hydroxyl groups is 1. The molecule has 0 aliphatic carbocycles. The molecule has 4 aromatic carbocycles. The topological polar surface area (TPSA) is 63.6 Å². The molecule has 0 aliphatic rings. The highest BCUT2D eigenvalue weighted by molar-refractivity contribution is 6.09. The van der Waals surface area contributed by atoms with Gasteiger partial charge in [0.15, 0.2) is 11.6 Å². The van der Waals surface area contributed by atoms with Crippen LogP contribution in [0.5, 0.6) is 17.2 Å². The van der Waals surface area contributed by atoms with Crippen LogP contribution in [0.1, 0.15) is 33.2 Å². The molecule has 0 radical (unpaired) electrons. The number of rotatable bonds is 6. The van der Waals surface area contributed by atoms with E-state index in [2.05, 4.69) is 0 Å². The third kappa shape index (κ3) is 4.70. The van der Waals surface area contributed by atoms with E-state index < -0.39 is 0 Å². The van der Waals surface area contributed by atoms with Crippen molar-refractivity contribution in [1.82, 2.24) is 0 Å². The van der Waals surface area contributed by atoms with Gasteiger partial charge in [0.2, 0.25) is 0 Å². The van der Waals surface area contributed by atoms with E-state index >= 15 is 0 Å². The Morgan fingerprint density at radius 3 is 1.42 bits per heavy atom. The Morgan fingerprint density at radius 1 is 0.581 bits per heavy atom. The number of ether oxygens (including phenoxy) is 1. The van der Waals surface area contributed by atoms with Crippen LogP contribution in [0.25, 0.3) is 11.1 Å². The van der Waals surface area contributed by atoms with Gasteiger partial charge in [-0.3, -0.25) is 9.59 Å². The fourth-order valence-corrected chi connectivity index (χ4v) is 3.20. The second-order valence-electron chi connectivity index (χ2n) is 7.16. The molecular formula is C27H20O4. The van der Waals surface area contributed by atoms with Crippen molar-refractivity contribution in [2.45, 2.75) is 6.92 Å². The summed E-state index contributed by atoms with van der Waals surface area (Å²) in [6, 6.07) is 28.2. The van der Waals surface area contributed by atoms with Crippen LogP contribution in [-0.4, -0.2) is 16.7 Å². The molecule has 0 aliphatic heterocycles. The molecule has 4 heteroatoms. The van der Waals surface area contributed by atoms with Crippen LogP contribution in [0.3, 0.4) is 0 Å². The molecular weight excluding hydrogens is 388 g/mol. The summed E-state index contributed by atoms with van der Waals surface area (Å²) >= 11 is 0. The van der Waals surface area contributed by atoms with Crippen LogP contribution in [-0.2, 0) is 0 Å². The maximum absolute atomic E-state index is 12.8. The van der Waals surface area contributed by atoms with Crippen molar-refractivity contribution in [3.8, 4) is 28.4 Å². The maximum Gasteiger partial charge on any atom is 0.193 e. The molecule has 31 heavy (non-hydrogen) atoms. The molecule has 0 heterocycles. The van der Waals surface area contributed by atoms with E-state index in [1.54, 1.807) is 79.7 Å². The lowest BCUT2D eigenvalue weighted by molar-refractivity contribution is 0.101. The van der Waals surface area contributed by atoms with Crippen molar-refractivity contribution in [1.29, 1.82) is 0 Å². The Hall–Kier alpha value is -4.18. The molecule has 152 valence electrons. The van der Waals surface area contributed by atoms with Gasteiger partial charge < -0.3 is 9.84 Å².